The van der Waals surface area contributed by atoms with Gasteiger partial charge < -0.3 is 10.2 Å². The molecule has 2 aromatic heterocycles. The van der Waals surface area contributed by atoms with E-state index in [-0.39, 0.29) is 0 Å². The van der Waals surface area contributed by atoms with Crippen molar-refractivity contribution in [2.24, 2.45) is 5.92 Å². The maximum Gasteiger partial charge on any atom is 0.147 e. The first kappa shape index (κ1) is 14.9. The Morgan fingerprint density at radius 3 is 2.75 bits per heavy atom. The second-order valence-electron chi connectivity index (χ2n) is 5.33. The van der Waals surface area contributed by atoms with Gasteiger partial charge in [-0.15, -0.1) is 11.3 Å². The van der Waals surface area contributed by atoms with Gasteiger partial charge in [-0.1, -0.05) is 19.9 Å². The zero-order valence-electron chi connectivity index (χ0n) is 12.3. The fourth-order valence-electron chi connectivity index (χ4n) is 1.84. The molecule has 0 radical (unpaired) electrons. The molecule has 0 bridgehead atoms. The number of thiophene rings is 1. The molecule has 0 unspecified atom stereocenters. The van der Waals surface area contributed by atoms with Gasteiger partial charge in [-0.05, 0) is 23.9 Å². The Morgan fingerprint density at radius 1 is 1.30 bits per heavy atom. The third-order valence-corrected chi connectivity index (χ3v) is 3.78. The molecule has 5 heteroatoms. The molecule has 0 aliphatic rings. The van der Waals surface area contributed by atoms with Crippen molar-refractivity contribution in [3.63, 3.8) is 0 Å². The summed E-state index contributed by atoms with van der Waals surface area (Å²) in [6.07, 6.45) is 3.70. The van der Waals surface area contributed by atoms with Crippen molar-refractivity contribution in [2.45, 2.75) is 26.9 Å². The van der Waals surface area contributed by atoms with Crippen molar-refractivity contribution < 1.29 is 0 Å². The van der Waals surface area contributed by atoms with Gasteiger partial charge in [0.2, 0.25) is 0 Å². The third kappa shape index (κ3) is 4.58. The molecule has 2 aromatic rings. The highest BCUT2D eigenvalue weighted by molar-refractivity contribution is 7.09. The minimum Gasteiger partial charge on any atom is -0.353 e. The topological polar surface area (TPSA) is 41.1 Å². The molecule has 2 heterocycles. The number of nitrogens with zero attached hydrogens (tertiary/aromatic N) is 3. The SMILES string of the molecule is CC(C)CNCc1cnc(N(C)Cc2cccs2)cn1. The van der Waals surface area contributed by atoms with Gasteiger partial charge in [-0.25, -0.2) is 4.98 Å². The fraction of sp³-hybridized carbons (Fsp3) is 0.467. The highest BCUT2D eigenvalue weighted by atomic mass is 32.1. The van der Waals surface area contributed by atoms with Crippen LogP contribution in [0.1, 0.15) is 24.4 Å². The van der Waals surface area contributed by atoms with Crippen LogP contribution in [0.3, 0.4) is 0 Å². The molecule has 108 valence electrons. The molecule has 0 amide bonds. The maximum atomic E-state index is 4.48. The monoisotopic (exact) mass is 290 g/mol. The summed E-state index contributed by atoms with van der Waals surface area (Å²) >= 11 is 1.76. The summed E-state index contributed by atoms with van der Waals surface area (Å²) in [7, 11) is 2.04. The second kappa shape index (κ2) is 7.36. The normalized spacial score (nSPS) is 11.0. The van der Waals surface area contributed by atoms with Crippen LogP contribution in [-0.4, -0.2) is 23.6 Å². The van der Waals surface area contributed by atoms with Crippen molar-refractivity contribution >= 4 is 17.2 Å². The minimum absolute atomic E-state index is 0.652. The smallest absolute Gasteiger partial charge is 0.147 e. The van der Waals surface area contributed by atoms with Crippen LogP contribution in [0.4, 0.5) is 5.82 Å². The predicted molar refractivity (Wildman–Crippen MR) is 85.0 cm³/mol. The van der Waals surface area contributed by atoms with E-state index in [1.54, 1.807) is 11.3 Å². The quantitative estimate of drug-likeness (QED) is 0.851. The summed E-state index contributed by atoms with van der Waals surface area (Å²) < 4.78 is 0. The molecule has 0 saturated heterocycles. The number of aromatic nitrogens is 2. The van der Waals surface area contributed by atoms with Crippen molar-refractivity contribution in [1.82, 2.24) is 15.3 Å². The highest BCUT2D eigenvalue weighted by Crippen LogP contribution is 2.15. The third-order valence-electron chi connectivity index (χ3n) is 2.91. The number of hydrogen-bond acceptors (Lipinski definition) is 5. The molecule has 0 fully saturated rings. The molecule has 0 aliphatic heterocycles. The van der Waals surface area contributed by atoms with E-state index in [2.05, 4.69) is 51.5 Å². The van der Waals surface area contributed by atoms with E-state index in [1.165, 1.54) is 4.88 Å². The molecular formula is C15H22N4S. The minimum atomic E-state index is 0.652. The average Bonchev–Trinajstić information content (AvgIpc) is 2.92. The first-order valence-electron chi connectivity index (χ1n) is 6.90. The Kier molecular flexibility index (Phi) is 5.49. The van der Waals surface area contributed by atoms with Crippen molar-refractivity contribution in [3.8, 4) is 0 Å². The largest absolute Gasteiger partial charge is 0.353 e. The van der Waals surface area contributed by atoms with E-state index in [0.717, 1.165) is 31.1 Å². The van der Waals surface area contributed by atoms with E-state index in [0.29, 0.717) is 5.92 Å². The average molecular weight is 290 g/mol. The lowest BCUT2D eigenvalue weighted by Crippen LogP contribution is -2.21. The lowest BCUT2D eigenvalue weighted by molar-refractivity contribution is 0.547. The lowest BCUT2D eigenvalue weighted by atomic mass is 10.2. The van der Waals surface area contributed by atoms with E-state index in [4.69, 9.17) is 0 Å². The fourth-order valence-corrected chi connectivity index (χ4v) is 2.60. The molecule has 2 rings (SSSR count). The molecule has 0 saturated carbocycles. The number of rotatable bonds is 7. The van der Waals surface area contributed by atoms with E-state index < -0.39 is 0 Å². The number of nitrogens with one attached hydrogen (secondary N) is 1. The van der Waals surface area contributed by atoms with Gasteiger partial charge in [-0.3, -0.25) is 4.98 Å². The van der Waals surface area contributed by atoms with Gasteiger partial charge in [0.15, 0.2) is 0 Å². The van der Waals surface area contributed by atoms with Crippen molar-refractivity contribution in [3.05, 3.63) is 40.5 Å². The molecule has 0 aromatic carbocycles. The van der Waals surface area contributed by atoms with Crippen LogP contribution >= 0.6 is 11.3 Å². The molecule has 1 N–H and O–H groups in total. The summed E-state index contributed by atoms with van der Waals surface area (Å²) in [6, 6.07) is 4.21. The summed E-state index contributed by atoms with van der Waals surface area (Å²) in [6.45, 7) is 7.04. The molecule has 20 heavy (non-hydrogen) atoms. The van der Waals surface area contributed by atoms with Crippen LogP contribution in [0.2, 0.25) is 0 Å². The van der Waals surface area contributed by atoms with Crippen LogP contribution in [0, 0.1) is 5.92 Å². The van der Waals surface area contributed by atoms with Crippen LogP contribution in [-0.2, 0) is 13.1 Å². The molecule has 0 spiro atoms. The number of anilines is 1. The van der Waals surface area contributed by atoms with Gasteiger partial charge in [0.1, 0.15) is 5.82 Å². The van der Waals surface area contributed by atoms with E-state index in [9.17, 15) is 0 Å². The van der Waals surface area contributed by atoms with E-state index in [1.807, 2.05) is 19.4 Å². The van der Waals surface area contributed by atoms with Gasteiger partial charge in [-0.2, -0.15) is 0 Å². The summed E-state index contributed by atoms with van der Waals surface area (Å²) in [5.74, 6) is 1.56. The van der Waals surface area contributed by atoms with Gasteiger partial charge in [0, 0.05) is 18.5 Å². The Hall–Kier alpha value is -1.46. The van der Waals surface area contributed by atoms with Crippen LogP contribution in [0.15, 0.2) is 29.9 Å². The zero-order valence-corrected chi connectivity index (χ0v) is 13.2. The Labute approximate surface area is 124 Å². The van der Waals surface area contributed by atoms with Crippen molar-refractivity contribution in [1.29, 1.82) is 0 Å². The van der Waals surface area contributed by atoms with Crippen molar-refractivity contribution in [2.75, 3.05) is 18.5 Å². The summed E-state index contributed by atoms with van der Waals surface area (Å²) in [5, 5.41) is 5.47. The predicted octanol–water partition coefficient (Wildman–Crippen LogP) is 2.92. The standard InChI is InChI=1S/C15H22N4S/c1-12(2)7-16-8-13-9-18-15(10-17-13)19(3)11-14-5-4-6-20-14/h4-6,9-10,12,16H,7-8,11H2,1-3H3. The van der Waals surface area contributed by atoms with Gasteiger partial charge in [0.25, 0.3) is 0 Å². The Balaban J connectivity index is 1.87. The summed E-state index contributed by atoms with van der Waals surface area (Å²) in [4.78, 5) is 12.4. The second-order valence-corrected chi connectivity index (χ2v) is 6.36. The van der Waals surface area contributed by atoms with Crippen LogP contribution < -0.4 is 10.2 Å². The maximum absolute atomic E-state index is 4.48. The first-order chi connectivity index (χ1) is 9.65. The van der Waals surface area contributed by atoms with Crippen LogP contribution in [0.25, 0.3) is 0 Å². The molecule has 0 aliphatic carbocycles. The molecular weight excluding hydrogens is 268 g/mol. The highest BCUT2D eigenvalue weighted by Gasteiger charge is 2.05. The number of hydrogen-bond donors (Lipinski definition) is 1. The molecule has 4 nitrogen and oxygen atoms in total. The lowest BCUT2D eigenvalue weighted by Gasteiger charge is -2.17. The van der Waals surface area contributed by atoms with Crippen LogP contribution in [0.5, 0.6) is 0 Å². The van der Waals surface area contributed by atoms with Gasteiger partial charge in [0.05, 0.1) is 24.6 Å². The first-order valence-corrected chi connectivity index (χ1v) is 7.78. The molecule has 0 atom stereocenters. The Morgan fingerprint density at radius 2 is 2.15 bits per heavy atom. The zero-order chi connectivity index (χ0) is 14.4. The van der Waals surface area contributed by atoms with E-state index >= 15 is 0 Å². The Bertz CT molecular complexity index is 493. The van der Waals surface area contributed by atoms with Gasteiger partial charge >= 0.3 is 0 Å². The summed E-state index contributed by atoms with van der Waals surface area (Å²) in [5.41, 5.74) is 0.985.